The first-order valence-electron chi connectivity index (χ1n) is 5.96. The number of esters is 1. The smallest absolute Gasteiger partial charge is 0.310 e. The van der Waals surface area contributed by atoms with Crippen LogP contribution in [0.15, 0.2) is 11.1 Å². The van der Waals surface area contributed by atoms with Crippen molar-refractivity contribution in [3.05, 3.63) is 11.9 Å². The molecule has 2 rings (SSSR count). The lowest BCUT2D eigenvalue weighted by molar-refractivity contribution is -0.145. The molecular formula is C11H17N3O4S. The fraction of sp³-hybridized carbons (Fsp3) is 0.636. The highest BCUT2D eigenvalue weighted by atomic mass is 32.2. The Bertz CT molecular complexity index is 581. The summed E-state index contributed by atoms with van der Waals surface area (Å²) in [6.45, 7) is 3.96. The van der Waals surface area contributed by atoms with Crippen LogP contribution in [-0.4, -0.2) is 49.1 Å². The number of sulfonamides is 1. The number of methoxy groups -OCH3 is 1. The first-order chi connectivity index (χ1) is 8.87. The summed E-state index contributed by atoms with van der Waals surface area (Å²) in [6.07, 6.45) is 1.29. The number of aromatic amines is 1. The van der Waals surface area contributed by atoms with E-state index in [0.717, 1.165) is 0 Å². The van der Waals surface area contributed by atoms with Gasteiger partial charge in [-0.1, -0.05) is 6.92 Å². The van der Waals surface area contributed by atoms with E-state index < -0.39 is 15.9 Å². The molecule has 0 saturated carbocycles. The molecule has 2 atom stereocenters. The van der Waals surface area contributed by atoms with Crippen molar-refractivity contribution in [2.45, 2.75) is 18.7 Å². The molecule has 0 spiro atoms. The largest absolute Gasteiger partial charge is 0.469 e. The van der Waals surface area contributed by atoms with Gasteiger partial charge in [-0.15, -0.1) is 0 Å². The topological polar surface area (TPSA) is 92.4 Å². The van der Waals surface area contributed by atoms with Gasteiger partial charge in [0.2, 0.25) is 10.0 Å². The maximum absolute atomic E-state index is 12.4. The van der Waals surface area contributed by atoms with E-state index in [-0.39, 0.29) is 23.3 Å². The Hall–Kier alpha value is -1.41. The number of carbonyl (C=O) groups is 1. The van der Waals surface area contributed by atoms with Crippen LogP contribution in [-0.2, 0) is 19.6 Å². The third kappa shape index (κ3) is 2.37. The third-order valence-electron chi connectivity index (χ3n) is 3.48. The average Bonchev–Trinajstić information content (AvgIpc) is 2.95. The molecule has 106 valence electrons. The Morgan fingerprint density at radius 1 is 1.53 bits per heavy atom. The predicted octanol–water partition coefficient (Wildman–Crippen LogP) is 0.148. The fourth-order valence-electron chi connectivity index (χ4n) is 2.32. The van der Waals surface area contributed by atoms with Gasteiger partial charge in [0.1, 0.15) is 4.90 Å². The van der Waals surface area contributed by atoms with E-state index in [9.17, 15) is 13.2 Å². The van der Waals surface area contributed by atoms with Crippen LogP contribution in [0, 0.1) is 18.8 Å². The number of rotatable bonds is 3. The highest BCUT2D eigenvalue weighted by Crippen LogP contribution is 2.29. The molecule has 0 bridgehead atoms. The lowest BCUT2D eigenvalue weighted by Gasteiger charge is -2.15. The van der Waals surface area contributed by atoms with E-state index in [2.05, 4.69) is 10.2 Å². The van der Waals surface area contributed by atoms with E-state index >= 15 is 0 Å². The van der Waals surface area contributed by atoms with E-state index in [0.29, 0.717) is 12.2 Å². The maximum Gasteiger partial charge on any atom is 0.310 e. The van der Waals surface area contributed by atoms with Gasteiger partial charge in [-0.25, -0.2) is 8.42 Å². The zero-order valence-corrected chi connectivity index (χ0v) is 11.9. The third-order valence-corrected chi connectivity index (χ3v) is 5.43. The Kier molecular flexibility index (Phi) is 3.64. The van der Waals surface area contributed by atoms with E-state index in [1.54, 1.807) is 6.92 Å². The summed E-state index contributed by atoms with van der Waals surface area (Å²) in [6, 6.07) is 0. The standard InChI is InChI=1S/C11H17N3O4S/c1-7-5-14(6-9(7)11(15)18-3)19(16,17)10-4-12-13-8(10)2/h4,7,9H,5-6H2,1-3H3,(H,12,13). The van der Waals surface area contributed by atoms with Crippen molar-refractivity contribution in [2.75, 3.05) is 20.2 Å². The van der Waals surface area contributed by atoms with Crippen molar-refractivity contribution >= 4 is 16.0 Å². The summed E-state index contributed by atoms with van der Waals surface area (Å²) in [7, 11) is -2.29. The number of nitrogens with zero attached hydrogens (tertiary/aromatic N) is 2. The van der Waals surface area contributed by atoms with Gasteiger partial charge in [-0.05, 0) is 12.8 Å². The summed E-state index contributed by atoms with van der Waals surface area (Å²) in [5.41, 5.74) is 0.495. The van der Waals surface area contributed by atoms with Gasteiger partial charge in [0, 0.05) is 13.1 Å². The highest BCUT2D eigenvalue weighted by molar-refractivity contribution is 7.89. The van der Waals surface area contributed by atoms with Gasteiger partial charge in [-0.3, -0.25) is 9.89 Å². The highest BCUT2D eigenvalue weighted by Gasteiger charge is 2.41. The van der Waals surface area contributed by atoms with Crippen LogP contribution in [0.1, 0.15) is 12.6 Å². The summed E-state index contributed by atoms with van der Waals surface area (Å²) in [4.78, 5) is 11.7. The molecule has 1 aliphatic heterocycles. The fourth-order valence-corrected chi connectivity index (χ4v) is 4.00. The summed E-state index contributed by atoms with van der Waals surface area (Å²) in [5.74, 6) is -0.837. The SMILES string of the molecule is COC(=O)C1CN(S(=O)(=O)c2cn[nH]c2C)CC1C. The summed E-state index contributed by atoms with van der Waals surface area (Å²) in [5, 5.41) is 6.33. The lowest BCUT2D eigenvalue weighted by Crippen LogP contribution is -2.30. The number of ether oxygens (including phenoxy) is 1. The molecule has 0 aromatic carbocycles. The molecule has 0 aliphatic carbocycles. The minimum Gasteiger partial charge on any atom is -0.469 e. The van der Waals surface area contributed by atoms with Crippen molar-refractivity contribution in [2.24, 2.45) is 11.8 Å². The van der Waals surface area contributed by atoms with Gasteiger partial charge in [0.05, 0.1) is 24.9 Å². The zero-order valence-electron chi connectivity index (χ0n) is 11.1. The van der Waals surface area contributed by atoms with Gasteiger partial charge in [0.25, 0.3) is 0 Å². The molecule has 8 heteroatoms. The van der Waals surface area contributed by atoms with Crippen LogP contribution >= 0.6 is 0 Å². The first kappa shape index (κ1) is 14.0. The van der Waals surface area contributed by atoms with Gasteiger partial charge in [-0.2, -0.15) is 9.40 Å². The van der Waals surface area contributed by atoms with Gasteiger partial charge < -0.3 is 4.74 Å². The van der Waals surface area contributed by atoms with Crippen LogP contribution in [0.5, 0.6) is 0 Å². The second kappa shape index (κ2) is 4.93. The minimum absolute atomic E-state index is 0.0607. The predicted molar refractivity (Wildman–Crippen MR) is 66.8 cm³/mol. The number of carbonyl (C=O) groups excluding carboxylic acids is 1. The average molecular weight is 287 g/mol. The van der Waals surface area contributed by atoms with Crippen molar-refractivity contribution < 1.29 is 17.9 Å². The van der Waals surface area contributed by atoms with Crippen molar-refractivity contribution in [3.8, 4) is 0 Å². The van der Waals surface area contributed by atoms with Crippen molar-refractivity contribution in [1.29, 1.82) is 0 Å². The van der Waals surface area contributed by atoms with E-state index in [4.69, 9.17) is 4.74 Å². The monoisotopic (exact) mass is 287 g/mol. The summed E-state index contributed by atoms with van der Waals surface area (Å²) >= 11 is 0. The molecule has 1 N–H and O–H groups in total. The molecule has 1 saturated heterocycles. The normalized spacial score (nSPS) is 24.6. The van der Waals surface area contributed by atoms with E-state index in [1.165, 1.54) is 17.6 Å². The minimum atomic E-state index is -3.60. The Morgan fingerprint density at radius 2 is 2.21 bits per heavy atom. The molecule has 1 aliphatic rings. The molecule has 0 amide bonds. The number of aryl methyl sites for hydroxylation is 1. The first-order valence-corrected chi connectivity index (χ1v) is 7.40. The number of hydrogen-bond acceptors (Lipinski definition) is 5. The lowest BCUT2D eigenvalue weighted by atomic mass is 9.99. The number of H-pyrrole nitrogens is 1. The molecular weight excluding hydrogens is 270 g/mol. The molecule has 19 heavy (non-hydrogen) atoms. The maximum atomic E-state index is 12.4. The molecule has 2 unspecified atom stereocenters. The Labute approximate surface area is 112 Å². The molecule has 0 radical (unpaired) electrons. The number of aromatic nitrogens is 2. The van der Waals surface area contributed by atoms with Crippen LogP contribution in [0.3, 0.4) is 0 Å². The van der Waals surface area contributed by atoms with Crippen LogP contribution in [0.2, 0.25) is 0 Å². The van der Waals surface area contributed by atoms with Crippen LogP contribution in [0.25, 0.3) is 0 Å². The molecule has 1 aromatic rings. The second-order valence-electron chi connectivity index (χ2n) is 4.79. The van der Waals surface area contributed by atoms with Gasteiger partial charge in [0.15, 0.2) is 0 Å². The molecule has 2 heterocycles. The Balaban J connectivity index is 2.25. The molecule has 1 aromatic heterocycles. The Morgan fingerprint density at radius 3 is 2.74 bits per heavy atom. The van der Waals surface area contributed by atoms with Crippen molar-refractivity contribution in [3.63, 3.8) is 0 Å². The quantitative estimate of drug-likeness (QED) is 0.799. The number of hydrogen-bond donors (Lipinski definition) is 1. The summed E-state index contributed by atoms with van der Waals surface area (Å²) < 4.78 is 30.9. The van der Waals surface area contributed by atoms with Crippen LogP contribution < -0.4 is 0 Å². The second-order valence-corrected chi connectivity index (χ2v) is 6.69. The molecule has 7 nitrogen and oxygen atoms in total. The van der Waals surface area contributed by atoms with E-state index in [1.807, 2.05) is 6.92 Å². The zero-order chi connectivity index (χ0) is 14.2. The van der Waals surface area contributed by atoms with Crippen molar-refractivity contribution in [1.82, 2.24) is 14.5 Å². The molecule has 1 fully saturated rings. The van der Waals surface area contributed by atoms with Crippen LogP contribution in [0.4, 0.5) is 0 Å². The number of nitrogens with one attached hydrogen (secondary N) is 1. The van der Waals surface area contributed by atoms with Gasteiger partial charge >= 0.3 is 5.97 Å².